The Morgan fingerprint density at radius 2 is 2.04 bits per heavy atom. The lowest BCUT2D eigenvalue weighted by Crippen LogP contribution is -2.44. The lowest BCUT2D eigenvalue weighted by molar-refractivity contribution is 0.0214. The standard InChI is InChI=1S/C21H29N3/c1-14-7-17-8-15(2)10-21(9-14,11-17)13-24-16(3)18-12-23-19-5-4-6-22-20(18)19/h4-6,12,14-15,17,23-24H,3,7-11,13H2,1-2H3. The van der Waals surface area contributed by atoms with Crippen molar-refractivity contribution in [2.24, 2.45) is 23.2 Å². The molecule has 0 radical (unpaired) electrons. The molecule has 128 valence electrons. The normalized spacial score (nSPS) is 32.7. The average molecular weight is 323 g/mol. The van der Waals surface area contributed by atoms with E-state index in [1.807, 2.05) is 18.5 Å². The zero-order chi connectivity index (χ0) is 16.7. The summed E-state index contributed by atoms with van der Waals surface area (Å²) in [5, 5.41) is 3.68. The van der Waals surface area contributed by atoms with Gasteiger partial charge in [0, 0.05) is 30.2 Å². The lowest BCUT2D eigenvalue weighted by atomic mass is 9.57. The average Bonchev–Trinajstić information content (AvgIpc) is 2.95. The summed E-state index contributed by atoms with van der Waals surface area (Å²) in [7, 11) is 0. The van der Waals surface area contributed by atoms with E-state index in [0.29, 0.717) is 5.41 Å². The van der Waals surface area contributed by atoms with Crippen LogP contribution in [0.2, 0.25) is 0 Å². The molecule has 3 nitrogen and oxygen atoms in total. The number of rotatable bonds is 4. The van der Waals surface area contributed by atoms with Gasteiger partial charge in [-0.3, -0.25) is 4.98 Å². The van der Waals surface area contributed by atoms with Crippen molar-refractivity contribution in [1.82, 2.24) is 15.3 Å². The summed E-state index contributed by atoms with van der Waals surface area (Å²) in [6, 6.07) is 4.03. The van der Waals surface area contributed by atoms with Gasteiger partial charge < -0.3 is 10.3 Å². The van der Waals surface area contributed by atoms with E-state index < -0.39 is 0 Å². The lowest BCUT2D eigenvalue weighted by Gasteiger charge is -2.50. The zero-order valence-electron chi connectivity index (χ0n) is 14.9. The zero-order valence-corrected chi connectivity index (χ0v) is 14.9. The number of nitrogens with one attached hydrogen (secondary N) is 2. The summed E-state index contributed by atoms with van der Waals surface area (Å²) >= 11 is 0. The highest BCUT2D eigenvalue weighted by Gasteiger charge is 2.43. The molecule has 0 saturated heterocycles. The fraction of sp³-hybridized carbons (Fsp3) is 0.571. The van der Waals surface area contributed by atoms with Crippen LogP contribution in [0.15, 0.2) is 31.1 Å². The van der Waals surface area contributed by atoms with Crippen LogP contribution in [0.4, 0.5) is 0 Å². The molecule has 24 heavy (non-hydrogen) atoms. The molecule has 2 bridgehead atoms. The van der Waals surface area contributed by atoms with Gasteiger partial charge in [0.2, 0.25) is 0 Å². The summed E-state index contributed by atoms with van der Waals surface area (Å²) in [5.74, 6) is 2.66. The Balaban J connectivity index is 1.50. The highest BCUT2D eigenvalue weighted by Crippen LogP contribution is 2.52. The molecule has 2 aromatic heterocycles. The van der Waals surface area contributed by atoms with Crippen molar-refractivity contribution in [2.45, 2.75) is 46.0 Å². The molecule has 0 aromatic carbocycles. The molecule has 2 aromatic rings. The second kappa shape index (κ2) is 5.94. The summed E-state index contributed by atoms with van der Waals surface area (Å²) in [6.07, 6.45) is 10.9. The van der Waals surface area contributed by atoms with Crippen LogP contribution >= 0.6 is 0 Å². The fourth-order valence-corrected chi connectivity index (χ4v) is 5.70. The van der Waals surface area contributed by atoms with Crippen molar-refractivity contribution >= 4 is 16.7 Å². The first kappa shape index (κ1) is 15.7. The Bertz CT molecular complexity index is 725. The third-order valence-electron chi connectivity index (χ3n) is 6.19. The van der Waals surface area contributed by atoms with Gasteiger partial charge in [0.25, 0.3) is 0 Å². The maximum atomic E-state index is 4.51. The van der Waals surface area contributed by atoms with Gasteiger partial charge in [0.1, 0.15) is 0 Å². The minimum Gasteiger partial charge on any atom is -0.384 e. The number of hydrogen-bond donors (Lipinski definition) is 2. The van der Waals surface area contributed by atoms with E-state index in [9.17, 15) is 0 Å². The molecule has 2 fully saturated rings. The predicted octanol–water partition coefficient (Wildman–Crippen LogP) is 4.98. The van der Waals surface area contributed by atoms with Crippen LogP contribution < -0.4 is 5.32 Å². The number of pyridine rings is 1. The second-order valence-corrected chi connectivity index (χ2v) is 8.59. The molecule has 0 amide bonds. The van der Waals surface area contributed by atoms with Crippen LogP contribution in [0.25, 0.3) is 16.7 Å². The van der Waals surface area contributed by atoms with E-state index in [1.54, 1.807) is 0 Å². The van der Waals surface area contributed by atoms with Gasteiger partial charge in [-0.25, -0.2) is 0 Å². The Morgan fingerprint density at radius 1 is 1.29 bits per heavy atom. The van der Waals surface area contributed by atoms with Gasteiger partial charge >= 0.3 is 0 Å². The van der Waals surface area contributed by atoms with Crippen molar-refractivity contribution < 1.29 is 0 Å². The van der Waals surface area contributed by atoms with Crippen LogP contribution in [-0.4, -0.2) is 16.5 Å². The van der Waals surface area contributed by atoms with Crippen LogP contribution in [0.1, 0.15) is 51.5 Å². The van der Waals surface area contributed by atoms with Gasteiger partial charge in [-0.15, -0.1) is 0 Å². The first-order valence-electron chi connectivity index (χ1n) is 9.40. The predicted molar refractivity (Wildman–Crippen MR) is 100 cm³/mol. The van der Waals surface area contributed by atoms with Crippen molar-refractivity contribution in [3.8, 4) is 0 Å². The van der Waals surface area contributed by atoms with E-state index >= 15 is 0 Å². The second-order valence-electron chi connectivity index (χ2n) is 8.59. The van der Waals surface area contributed by atoms with Crippen LogP contribution in [0, 0.1) is 23.2 Å². The number of aromatic amines is 1. The Hall–Kier alpha value is -1.77. The molecule has 0 spiro atoms. The van der Waals surface area contributed by atoms with Crippen LogP contribution in [-0.2, 0) is 0 Å². The number of fused-ring (bicyclic) bond motifs is 3. The van der Waals surface area contributed by atoms with Gasteiger partial charge in [0.05, 0.1) is 11.0 Å². The Kier molecular flexibility index (Phi) is 3.90. The Labute approximate surface area is 144 Å². The summed E-state index contributed by atoms with van der Waals surface area (Å²) < 4.78 is 0. The van der Waals surface area contributed by atoms with Crippen molar-refractivity contribution in [2.75, 3.05) is 6.54 Å². The highest BCUT2D eigenvalue weighted by atomic mass is 14.9. The topological polar surface area (TPSA) is 40.7 Å². The molecular weight excluding hydrogens is 294 g/mol. The minimum absolute atomic E-state index is 0.461. The molecule has 2 aliphatic carbocycles. The number of H-pyrrole nitrogens is 1. The third-order valence-corrected chi connectivity index (χ3v) is 6.19. The monoisotopic (exact) mass is 323 g/mol. The van der Waals surface area contributed by atoms with Gasteiger partial charge in [-0.1, -0.05) is 20.4 Å². The first-order valence-corrected chi connectivity index (χ1v) is 9.40. The van der Waals surface area contributed by atoms with E-state index in [4.69, 9.17) is 0 Å². The van der Waals surface area contributed by atoms with Gasteiger partial charge in [-0.05, 0) is 67.4 Å². The SMILES string of the molecule is C=C(NCC12CC(C)CC(CC(C)C1)C2)c1c[nH]c2cccnc12. The number of hydrogen-bond acceptors (Lipinski definition) is 2. The van der Waals surface area contributed by atoms with E-state index in [0.717, 1.165) is 46.6 Å². The fourth-order valence-electron chi connectivity index (χ4n) is 5.70. The highest BCUT2D eigenvalue weighted by molar-refractivity contribution is 5.88. The van der Waals surface area contributed by atoms with E-state index in [2.05, 4.69) is 41.8 Å². The Morgan fingerprint density at radius 3 is 2.79 bits per heavy atom. The van der Waals surface area contributed by atoms with Crippen molar-refractivity contribution in [1.29, 1.82) is 0 Å². The molecule has 2 aliphatic rings. The molecule has 0 aliphatic heterocycles. The maximum absolute atomic E-state index is 4.51. The third kappa shape index (κ3) is 2.85. The van der Waals surface area contributed by atoms with Crippen LogP contribution in [0.5, 0.6) is 0 Å². The molecule has 2 N–H and O–H groups in total. The van der Waals surface area contributed by atoms with Crippen molar-refractivity contribution in [3.05, 3.63) is 36.7 Å². The summed E-state index contributed by atoms with van der Waals surface area (Å²) in [4.78, 5) is 7.81. The number of aromatic nitrogens is 2. The molecule has 4 rings (SSSR count). The molecular formula is C21H29N3. The largest absolute Gasteiger partial charge is 0.384 e. The minimum atomic E-state index is 0.461. The summed E-state index contributed by atoms with van der Waals surface area (Å²) in [6.45, 7) is 10.2. The first-order chi connectivity index (χ1) is 11.5. The van der Waals surface area contributed by atoms with Crippen LogP contribution in [0.3, 0.4) is 0 Å². The molecule has 2 heterocycles. The van der Waals surface area contributed by atoms with Gasteiger partial charge in [-0.2, -0.15) is 0 Å². The molecule has 2 saturated carbocycles. The van der Waals surface area contributed by atoms with Gasteiger partial charge in [0.15, 0.2) is 0 Å². The number of nitrogens with zero attached hydrogens (tertiary/aromatic N) is 1. The van der Waals surface area contributed by atoms with Crippen molar-refractivity contribution in [3.63, 3.8) is 0 Å². The van der Waals surface area contributed by atoms with E-state index in [-0.39, 0.29) is 0 Å². The molecule has 2 unspecified atom stereocenters. The quantitative estimate of drug-likeness (QED) is 0.833. The van der Waals surface area contributed by atoms with E-state index in [1.165, 1.54) is 32.1 Å². The molecule has 2 atom stereocenters. The molecule has 3 heteroatoms. The smallest absolute Gasteiger partial charge is 0.0971 e. The maximum Gasteiger partial charge on any atom is 0.0971 e. The summed E-state index contributed by atoms with van der Waals surface area (Å²) in [5.41, 5.74) is 4.65.